The van der Waals surface area contributed by atoms with Crippen molar-refractivity contribution in [2.45, 2.75) is 13.8 Å². The Morgan fingerprint density at radius 3 is 2.72 bits per heavy atom. The van der Waals surface area contributed by atoms with Crippen LogP contribution in [-0.4, -0.2) is 41.0 Å². The maximum absolute atomic E-state index is 13.6. The van der Waals surface area contributed by atoms with Gasteiger partial charge in [-0.25, -0.2) is 9.97 Å². The number of aromatic amines is 2. The molecule has 36 heavy (non-hydrogen) atoms. The van der Waals surface area contributed by atoms with E-state index in [9.17, 15) is 9.18 Å². The molecule has 0 radical (unpaired) electrons. The fraction of sp³-hybridized carbons (Fsp3) is 0.120. The third kappa shape index (κ3) is 3.89. The van der Waals surface area contributed by atoms with Crippen LogP contribution in [0.2, 0.25) is 0 Å². The number of aromatic nitrogens is 7. The number of H-pyrrole nitrogens is 2. The predicted octanol–water partition coefficient (Wildman–Crippen LogP) is 5.42. The van der Waals surface area contributed by atoms with Gasteiger partial charge in [0.05, 0.1) is 27.7 Å². The summed E-state index contributed by atoms with van der Waals surface area (Å²) < 4.78 is 13.6. The van der Waals surface area contributed by atoms with Gasteiger partial charge in [-0.2, -0.15) is 9.49 Å². The van der Waals surface area contributed by atoms with Gasteiger partial charge in [0.25, 0.3) is 0 Å². The van der Waals surface area contributed by atoms with Crippen molar-refractivity contribution < 1.29 is 9.18 Å². The Balaban J connectivity index is 1.41. The zero-order valence-electron chi connectivity index (χ0n) is 19.2. The molecule has 0 aliphatic carbocycles. The number of nitrogens with one attached hydrogen (secondary N) is 3. The molecule has 6 aromatic rings. The largest absolute Gasteiger partial charge is 0.336 e. The minimum atomic E-state index is -0.279. The standard InChI is InChI=1S/C25H19FN8OS/c1-12(2)25(35)30-15-7-13(9-27-11-15)14-8-16-20(33-34-23(16)29-10-14)24-31-17-5-6-28-22(21(17)32-24)18-3-4-19(26)36-18/h3-12H,1-2H3,(H,30,35)(H,31,32)(H,29,33,34). The molecular weight excluding hydrogens is 479 g/mol. The van der Waals surface area contributed by atoms with Crippen LogP contribution < -0.4 is 5.32 Å². The lowest BCUT2D eigenvalue weighted by Crippen LogP contribution is -2.17. The second-order valence-corrected chi connectivity index (χ2v) is 9.58. The van der Waals surface area contributed by atoms with Gasteiger partial charge in [0.2, 0.25) is 5.91 Å². The number of halogens is 1. The van der Waals surface area contributed by atoms with Gasteiger partial charge in [0.1, 0.15) is 16.9 Å². The fourth-order valence-corrected chi connectivity index (χ4v) is 4.59. The predicted molar refractivity (Wildman–Crippen MR) is 137 cm³/mol. The highest BCUT2D eigenvalue weighted by Gasteiger charge is 2.18. The number of nitrogens with zero attached hydrogens (tertiary/aromatic N) is 5. The summed E-state index contributed by atoms with van der Waals surface area (Å²) in [5.74, 6) is 0.319. The smallest absolute Gasteiger partial charge is 0.226 e. The number of amides is 1. The average molecular weight is 499 g/mol. The molecule has 0 aliphatic heterocycles. The molecule has 0 saturated heterocycles. The van der Waals surface area contributed by atoms with Crippen molar-refractivity contribution in [3.05, 3.63) is 60.3 Å². The summed E-state index contributed by atoms with van der Waals surface area (Å²) >= 11 is 1.02. The molecule has 0 aliphatic rings. The Morgan fingerprint density at radius 2 is 1.92 bits per heavy atom. The summed E-state index contributed by atoms with van der Waals surface area (Å²) in [5.41, 5.74) is 5.42. The van der Waals surface area contributed by atoms with Crippen LogP contribution >= 0.6 is 11.3 Å². The Hall–Kier alpha value is -4.51. The minimum Gasteiger partial charge on any atom is -0.336 e. The fourth-order valence-electron chi connectivity index (χ4n) is 3.86. The number of imidazole rings is 1. The van der Waals surface area contributed by atoms with Gasteiger partial charge in [-0.1, -0.05) is 13.8 Å². The summed E-state index contributed by atoms with van der Waals surface area (Å²) in [6.45, 7) is 3.67. The summed E-state index contributed by atoms with van der Waals surface area (Å²) in [4.78, 5) is 34.1. The van der Waals surface area contributed by atoms with Crippen LogP contribution in [0.3, 0.4) is 0 Å². The number of carbonyl (C=O) groups is 1. The molecule has 0 unspecified atom stereocenters. The van der Waals surface area contributed by atoms with Crippen LogP contribution in [-0.2, 0) is 4.79 Å². The van der Waals surface area contributed by atoms with Gasteiger partial charge < -0.3 is 10.3 Å². The molecule has 6 heterocycles. The highest BCUT2D eigenvalue weighted by Crippen LogP contribution is 2.33. The molecule has 9 nitrogen and oxygen atoms in total. The van der Waals surface area contributed by atoms with E-state index in [1.54, 1.807) is 30.9 Å². The molecule has 0 spiro atoms. The van der Waals surface area contributed by atoms with Gasteiger partial charge in [-0.05, 0) is 30.3 Å². The summed E-state index contributed by atoms with van der Waals surface area (Å²) in [6, 6.07) is 8.74. The molecule has 0 fully saturated rings. The number of rotatable bonds is 5. The Kier molecular flexibility index (Phi) is 5.26. The van der Waals surface area contributed by atoms with E-state index in [2.05, 4.69) is 35.5 Å². The van der Waals surface area contributed by atoms with Crippen LogP contribution in [0.1, 0.15) is 13.8 Å². The molecular formula is C25H19FN8OS. The molecule has 0 atom stereocenters. The van der Waals surface area contributed by atoms with E-state index in [0.29, 0.717) is 38.9 Å². The lowest BCUT2D eigenvalue weighted by Gasteiger charge is -2.09. The second kappa shape index (κ2) is 8.61. The van der Waals surface area contributed by atoms with Crippen molar-refractivity contribution in [2.75, 3.05) is 5.32 Å². The number of pyridine rings is 3. The number of fused-ring (bicyclic) bond motifs is 2. The van der Waals surface area contributed by atoms with Gasteiger partial charge in [-0.3, -0.25) is 19.9 Å². The lowest BCUT2D eigenvalue weighted by atomic mass is 10.1. The van der Waals surface area contributed by atoms with E-state index >= 15 is 0 Å². The van der Waals surface area contributed by atoms with Crippen molar-refractivity contribution in [3.8, 4) is 33.2 Å². The average Bonchev–Trinajstić information content (AvgIpc) is 3.61. The number of anilines is 1. The van der Waals surface area contributed by atoms with Crippen molar-refractivity contribution in [1.82, 2.24) is 35.1 Å². The SMILES string of the molecule is CC(C)C(=O)Nc1cncc(-c2cnc3[nH]nc(-c4nc5c(-c6ccc(F)s6)nccc5[nH]4)c3c2)c1. The van der Waals surface area contributed by atoms with E-state index in [1.165, 1.54) is 6.07 Å². The first-order chi connectivity index (χ1) is 17.5. The van der Waals surface area contributed by atoms with E-state index in [1.807, 2.05) is 32.0 Å². The molecule has 1 amide bonds. The first-order valence-electron chi connectivity index (χ1n) is 11.2. The lowest BCUT2D eigenvalue weighted by molar-refractivity contribution is -0.118. The van der Waals surface area contributed by atoms with Gasteiger partial charge in [0.15, 0.2) is 16.6 Å². The van der Waals surface area contributed by atoms with Crippen LogP contribution in [0.5, 0.6) is 0 Å². The van der Waals surface area contributed by atoms with Gasteiger partial charge in [-0.15, -0.1) is 11.3 Å². The highest BCUT2D eigenvalue weighted by molar-refractivity contribution is 7.13. The third-order valence-corrected chi connectivity index (χ3v) is 6.59. The topological polar surface area (TPSA) is 125 Å². The van der Waals surface area contributed by atoms with E-state index in [4.69, 9.17) is 4.98 Å². The van der Waals surface area contributed by atoms with Crippen LogP contribution in [0.4, 0.5) is 10.1 Å². The monoisotopic (exact) mass is 498 g/mol. The van der Waals surface area contributed by atoms with E-state index in [-0.39, 0.29) is 17.0 Å². The zero-order valence-corrected chi connectivity index (χ0v) is 20.0. The molecule has 6 rings (SSSR count). The van der Waals surface area contributed by atoms with Gasteiger partial charge >= 0.3 is 0 Å². The van der Waals surface area contributed by atoms with Crippen LogP contribution in [0.25, 0.3) is 55.3 Å². The first kappa shape index (κ1) is 22.0. The quantitative estimate of drug-likeness (QED) is 0.291. The van der Waals surface area contributed by atoms with E-state index < -0.39 is 0 Å². The minimum absolute atomic E-state index is 0.0799. The zero-order chi connectivity index (χ0) is 24.8. The van der Waals surface area contributed by atoms with Crippen LogP contribution in [0, 0.1) is 11.0 Å². The molecule has 0 bridgehead atoms. The molecule has 0 saturated carbocycles. The van der Waals surface area contributed by atoms with E-state index in [0.717, 1.165) is 33.4 Å². The normalized spacial score (nSPS) is 11.6. The van der Waals surface area contributed by atoms with Crippen molar-refractivity contribution in [1.29, 1.82) is 0 Å². The van der Waals surface area contributed by atoms with Crippen molar-refractivity contribution in [2.24, 2.45) is 5.92 Å². The summed E-state index contributed by atoms with van der Waals surface area (Å²) in [7, 11) is 0. The first-order valence-corrected chi connectivity index (χ1v) is 12.0. The molecule has 178 valence electrons. The maximum Gasteiger partial charge on any atom is 0.226 e. The molecule has 0 aromatic carbocycles. The number of hydrogen-bond donors (Lipinski definition) is 3. The highest BCUT2D eigenvalue weighted by atomic mass is 32.1. The van der Waals surface area contributed by atoms with Crippen molar-refractivity contribution >= 4 is 45.0 Å². The van der Waals surface area contributed by atoms with Crippen LogP contribution in [0.15, 0.2) is 55.1 Å². The Bertz CT molecular complexity index is 1750. The van der Waals surface area contributed by atoms with Gasteiger partial charge in [0, 0.05) is 35.6 Å². The van der Waals surface area contributed by atoms with Crippen molar-refractivity contribution in [3.63, 3.8) is 0 Å². The molecule has 6 aromatic heterocycles. The number of thiophene rings is 1. The molecule has 3 N–H and O–H groups in total. The molecule has 11 heteroatoms. The second-order valence-electron chi connectivity index (χ2n) is 8.54. The number of carbonyl (C=O) groups excluding carboxylic acids is 1. The maximum atomic E-state index is 13.6. The summed E-state index contributed by atoms with van der Waals surface area (Å²) in [5, 5.41) is 10.8. The summed E-state index contributed by atoms with van der Waals surface area (Å²) in [6.07, 6.45) is 6.71. The third-order valence-electron chi connectivity index (χ3n) is 5.71. The number of hydrogen-bond acceptors (Lipinski definition) is 7. The Morgan fingerprint density at radius 1 is 1.06 bits per heavy atom. The Labute approximate surface area is 207 Å².